The van der Waals surface area contributed by atoms with Crippen LogP contribution >= 0.6 is 23.2 Å². The molecule has 0 bridgehead atoms. The first-order chi connectivity index (χ1) is 8.78. The van der Waals surface area contributed by atoms with Gasteiger partial charge in [0, 0.05) is 22.1 Å². The van der Waals surface area contributed by atoms with E-state index in [9.17, 15) is 4.79 Å². The van der Waals surface area contributed by atoms with Crippen LogP contribution in [-0.2, 0) is 11.2 Å². The third kappa shape index (κ3) is 6.81. The standard InChI is InChI=1S/C14H20Cl2N2O/c1-14(2,3)18-9-13(19)17-7-6-10-4-5-11(15)8-12(10)16/h4-5,8,18H,6-7,9H2,1-3H3,(H,17,19). The first-order valence-corrected chi connectivity index (χ1v) is 6.99. The molecule has 1 rings (SSSR count). The number of hydrogen-bond donors (Lipinski definition) is 2. The van der Waals surface area contributed by atoms with Crippen LogP contribution in [-0.4, -0.2) is 24.5 Å². The second-order valence-corrected chi connectivity index (χ2v) is 6.28. The third-order valence-corrected chi connectivity index (χ3v) is 3.10. The number of nitrogens with one attached hydrogen (secondary N) is 2. The van der Waals surface area contributed by atoms with E-state index in [4.69, 9.17) is 23.2 Å². The van der Waals surface area contributed by atoms with Crippen molar-refractivity contribution in [2.24, 2.45) is 0 Å². The van der Waals surface area contributed by atoms with Crippen molar-refractivity contribution in [1.82, 2.24) is 10.6 Å². The predicted molar refractivity (Wildman–Crippen MR) is 80.9 cm³/mol. The van der Waals surface area contributed by atoms with Gasteiger partial charge in [-0.2, -0.15) is 0 Å². The van der Waals surface area contributed by atoms with Crippen molar-refractivity contribution in [2.45, 2.75) is 32.7 Å². The molecule has 0 fully saturated rings. The van der Waals surface area contributed by atoms with Crippen molar-refractivity contribution in [3.63, 3.8) is 0 Å². The van der Waals surface area contributed by atoms with Crippen molar-refractivity contribution in [3.8, 4) is 0 Å². The maximum atomic E-state index is 11.6. The number of carbonyl (C=O) groups is 1. The molecular weight excluding hydrogens is 283 g/mol. The Balaban J connectivity index is 2.32. The van der Waals surface area contributed by atoms with Crippen molar-refractivity contribution < 1.29 is 4.79 Å². The lowest BCUT2D eigenvalue weighted by atomic mass is 10.1. The summed E-state index contributed by atoms with van der Waals surface area (Å²) in [7, 11) is 0. The molecule has 0 saturated heterocycles. The minimum atomic E-state index is -0.0587. The molecule has 19 heavy (non-hydrogen) atoms. The van der Waals surface area contributed by atoms with Gasteiger partial charge in [0.15, 0.2) is 0 Å². The van der Waals surface area contributed by atoms with Gasteiger partial charge in [-0.25, -0.2) is 0 Å². The summed E-state index contributed by atoms with van der Waals surface area (Å²) in [4.78, 5) is 11.6. The number of benzene rings is 1. The minimum Gasteiger partial charge on any atom is -0.355 e. The lowest BCUT2D eigenvalue weighted by molar-refractivity contribution is -0.120. The molecule has 5 heteroatoms. The van der Waals surface area contributed by atoms with E-state index in [1.165, 1.54) is 0 Å². The molecule has 0 aliphatic carbocycles. The van der Waals surface area contributed by atoms with E-state index in [0.717, 1.165) is 5.56 Å². The average Bonchev–Trinajstić information content (AvgIpc) is 2.28. The van der Waals surface area contributed by atoms with Gasteiger partial charge in [0.25, 0.3) is 0 Å². The van der Waals surface area contributed by atoms with Crippen LogP contribution in [0.2, 0.25) is 10.0 Å². The van der Waals surface area contributed by atoms with Gasteiger partial charge in [-0.1, -0.05) is 29.3 Å². The van der Waals surface area contributed by atoms with E-state index < -0.39 is 0 Å². The zero-order valence-corrected chi connectivity index (χ0v) is 13.0. The van der Waals surface area contributed by atoms with Crippen molar-refractivity contribution in [1.29, 1.82) is 0 Å². The highest BCUT2D eigenvalue weighted by Crippen LogP contribution is 2.20. The lowest BCUT2D eigenvalue weighted by Gasteiger charge is -2.20. The normalized spacial score (nSPS) is 11.4. The van der Waals surface area contributed by atoms with Gasteiger partial charge in [-0.3, -0.25) is 4.79 Å². The highest BCUT2D eigenvalue weighted by Gasteiger charge is 2.11. The molecule has 106 valence electrons. The van der Waals surface area contributed by atoms with Gasteiger partial charge in [-0.05, 0) is 44.9 Å². The summed E-state index contributed by atoms with van der Waals surface area (Å²) < 4.78 is 0. The van der Waals surface area contributed by atoms with Crippen LogP contribution in [0.25, 0.3) is 0 Å². The Hall–Kier alpha value is -0.770. The zero-order valence-electron chi connectivity index (χ0n) is 11.5. The Morgan fingerprint density at radius 3 is 2.53 bits per heavy atom. The predicted octanol–water partition coefficient (Wildman–Crippen LogP) is 3.04. The number of amides is 1. The van der Waals surface area contributed by atoms with Crippen LogP contribution in [0, 0.1) is 0 Å². The van der Waals surface area contributed by atoms with Crippen LogP contribution < -0.4 is 10.6 Å². The summed E-state index contributed by atoms with van der Waals surface area (Å²) in [6, 6.07) is 5.39. The highest BCUT2D eigenvalue weighted by molar-refractivity contribution is 6.35. The molecule has 0 spiro atoms. The summed E-state index contributed by atoms with van der Waals surface area (Å²) in [5.74, 6) is -0.0139. The van der Waals surface area contributed by atoms with Crippen LogP contribution in [0.15, 0.2) is 18.2 Å². The Kier molecular flexibility index (Phi) is 6.11. The van der Waals surface area contributed by atoms with Crippen LogP contribution in [0.4, 0.5) is 0 Å². The summed E-state index contributed by atoms with van der Waals surface area (Å²) in [6.07, 6.45) is 0.692. The van der Waals surface area contributed by atoms with E-state index in [2.05, 4.69) is 10.6 Å². The third-order valence-electron chi connectivity index (χ3n) is 2.51. The second kappa shape index (κ2) is 7.13. The van der Waals surface area contributed by atoms with E-state index in [1.807, 2.05) is 26.8 Å². The van der Waals surface area contributed by atoms with E-state index in [1.54, 1.807) is 12.1 Å². The van der Waals surface area contributed by atoms with Crippen LogP contribution in [0.5, 0.6) is 0 Å². The fourth-order valence-corrected chi connectivity index (χ4v) is 1.97. The minimum absolute atomic E-state index is 0.0139. The second-order valence-electron chi connectivity index (χ2n) is 5.44. The summed E-state index contributed by atoms with van der Waals surface area (Å²) in [5, 5.41) is 7.24. The number of carbonyl (C=O) groups excluding carboxylic acids is 1. The number of hydrogen-bond acceptors (Lipinski definition) is 2. The number of rotatable bonds is 5. The molecule has 0 aromatic heterocycles. The molecule has 0 atom stereocenters. The Morgan fingerprint density at radius 2 is 1.95 bits per heavy atom. The molecule has 0 aliphatic rings. The fraction of sp³-hybridized carbons (Fsp3) is 0.500. The maximum Gasteiger partial charge on any atom is 0.233 e. The quantitative estimate of drug-likeness (QED) is 0.878. The summed E-state index contributed by atoms with van der Waals surface area (Å²) >= 11 is 11.9. The molecule has 1 aromatic rings. The SMILES string of the molecule is CC(C)(C)NCC(=O)NCCc1ccc(Cl)cc1Cl. The molecular formula is C14H20Cl2N2O. The zero-order chi connectivity index (χ0) is 14.5. The molecule has 3 nitrogen and oxygen atoms in total. The number of halogens is 2. The van der Waals surface area contributed by atoms with Crippen molar-refractivity contribution in [3.05, 3.63) is 33.8 Å². The maximum absolute atomic E-state index is 11.6. The van der Waals surface area contributed by atoms with Crippen LogP contribution in [0.1, 0.15) is 26.3 Å². The molecule has 0 aliphatic heterocycles. The van der Waals surface area contributed by atoms with Crippen molar-refractivity contribution in [2.75, 3.05) is 13.1 Å². The van der Waals surface area contributed by atoms with Crippen LogP contribution in [0.3, 0.4) is 0 Å². The molecule has 0 saturated carbocycles. The molecule has 1 amide bonds. The molecule has 0 radical (unpaired) electrons. The molecule has 0 heterocycles. The topological polar surface area (TPSA) is 41.1 Å². The molecule has 1 aromatic carbocycles. The van der Waals surface area contributed by atoms with Gasteiger partial charge in [0.2, 0.25) is 5.91 Å². The van der Waals surface area contributed by atoms with E-state index >= 15 is 0 Å². The van der Waals surface area contributed by atoms with Crippen molar-refractivity contribution >= 4 is 29.1 Å². The van der Waals surface area contributed by atoms with Gasteiger partial charge in [0.05, 0.1) is 6.54 Å². The first kappa shape index (κ1) is 16.3. The lowest BCUT2D eigenvalue weighted by Crippen LogP contribution is -2.43. The first-order valence-electron chi connectivity index (χ1n) is 6.23. The van der Waals surface area contributed by atoms with E-state index in [-0.39, 0.29) is 11.4 Å². The molecule has 2 N–H and O–H groups in total. The molecule has 0 unspecified atom stereocenters. The van der Waals surface area contributed by atoms with Gasteiger partial charge in [0.1, 0.15) is 0 Å². The summed E-state index contributed by atoms with van der Waals surface area (Å²) in [5.41, 5.74) is 0.923. The Morgan fingerprint density at radius 1 is 1.26 bits per heavy atom. The Labute approximate surface area is 124 Å². The largest absolute Gasteiger partial charge is 0.355 e. The Bertz CT molecular complexity index is 442. The smallest absolute Gasteiger partial charge is 0.233 e. The highest BCUT2D eigenvalue weighted by atomic mass is 35.5. The van der Waals surface area contributed by atoms with E-state index in [0.29, 0.717) is 29.6 Å². The summed E-state index contributed by atoms with van der Waals surface area (Å²) in [6.45, 7) is 6.94. The average molecular weight is 303 g/mol. The van der Waals surface area contributed by atoms with Gasteiger partial charge >= 0.3 is 0 Å². The van der Waals surface area contributed by atoms with Gasteiger partial charge < -0.3 is 10.6 Å². The monoisotopic (exact) mass is 302 g/mol. The van der Waals surface area contributed by atoms with Gasteiger partial charge in [-0.15, -0.1) is 0 Å². The fourth-order valence-electron chi connectivity index (χ4n) is 1.47.